The maximum Gasteiger partial charge on any atom is 0.416 e. The number of nitrogens with two attached hydrogens (primary N) is 1. The van der Waals surface area contributed by atoms with Crippen LogP contribution in [0.15, 0.2) is 53.7 Å². The minimum atomic E-state index is -5.04. The Morgan fingerprint density at radius 2 is 1.55 bits per heavy atom. The minimum Gasteiger partial charge on any atom is -0.768 e. The predicted molar refractivity (Wildman–Crippen MR) is 102 cm³/mol. The molecule has 174 valence electrons. The lowest BCUT2D eigenvalue weighted by Gasteiger charge is -2.13. The van der Waals surface area contributed by atoms with E-state index in [1.165, 1.54) is 24.3 Å². The monoisotopic (exact) mass is 489 g/mol. The number of primary amides is 1. The Labute approximate surface area is 183 Å². The molecule has 3 aromatic rings. The lowest BCUT2D eigenvalue weighted by molar-refractivity contribution is -0.143. The van der Waals surface area contributed by atoms with Crippen LogP contribution in [0.25, 0.3) is 23.2 Å². The Morgan fingerprint density at radius 3 is 2.00 bits per heavy atom. The van der Waals surface area contributed by atoms with Crippen LogP contribution in [0.4, 0.5) is 26.3 Å². The molecule has 2 N–H and O–H groups in total. The molecule has 1 amide bonds. The lowest BCUT2D eigenvalue weighted by atomic mass is 10.0. The van der Waals surface area contributed by atoms with Crippen LogP contribution in [0.2, 0.25) is 0 Å². The molecule has 0 saturated carbocycles. The molecule has 14 heteroatoms. The van der Waals surface area contributed by atoms with E-state index >= 15 is 0 Å². The highest BCUT2D eigenvalue weighted by atomic mass is 32.2. The number of benzene rings is 2. The van der Waals surface area contributed by atoms with Crippen LogP contribution in [0.5, 0.6) is 0 Å². The van der Waals surface area contributed by atoms with Gasteiger partial charge in [-0.15, -0.1) is 5.10 Å². The maximum absolute atomic E-state index is 13.1. The molecule has 0 aliphatic rings. The van der Waals surface area contributed by atoms with E-state index in [0.717, 1.165) is 17.2 Å². The molecular formula is C19H11F6N4O3S-. The van der Waals surface area contributed by atoms with E-state index < -0.39 is 51.9 Å². The number of carbonyl (C=O) groups is 1. The first kappa shape index (κ1) is 24.1. The number of nitrogens with zero attached hydrogens (tertiary/aromatic N) is 3. The van der Waals surface area contributed by atoms with Gasteiger partial charge in [0.05, 0.1) is 16.7 Å². The molecular weight excluding hydrogens is 478 g/mol. The van der Waals surface area contributed by atoms with Gasteiger partial charge in [0.1, 0.15) is 6.33 Å². The van der Waals surface area contributed by atoms with Crippen molar-refractivity contribution < 1.29 is 39.9 Å². The van der Waals surface area contributed by atoms with Crippen molar-refractivity contribution in [3.05, 3.63) is 65.5 Å². The largest absolute Gasteiger partial charge is 0.768 e. The van der Waals surface area contributed by atoms with Crippen LogP contribution in [0, 0.1) is 0 Å². The number of hydrogen-bond acceptors (Lipinski definition) is 5. The second-order valence-electron chi connectivity index (χ2n) is 6.51. The molecule has 33 heavy (non-hydrogen) atoms. The molecule has 1 atom stereocenters. The van der Waals surface area contributed by atoms with Gasteiger partial charge in [0.2, 0.25) is 0 Å². The van der Waals surface area contributed by atoms with Crippen molar-refractivity contribution in [1.29, 1.82) is 0 Å². The van der Waals surface area contributed by atoms with Crippen molar-refractivity contribution in [2.45, 2.75) is 17.2 Å². The third-order valence-corrected chi connectivity index (χ3v) is 4.90. The van der Waals surface area contributed by atoms with E-state index in [4.69, 9.17) is 5.73 Å². The van der Waals surface area contributed by atoms with Gasteiger partial charge in [-0.05, 0) is 47.0 Å². The average molecular weight is 489 g/mol. The van der Waals surface area contributed by atoms with Gasteiger partial charge in [-0.25, -0.2) is 9.67 Å². The zero-order chi connectivity index (χ0) is 24.6. The molecule has 1 aromatic heterocycles. The third-order valence-electron chi connectivity index (χ3n) is 4.24. The summed E-state index contributed by atoms with van der Waals surface area (Å²) >= 11 is -2.51. The Morgan fingerprint density at radius 1 is 1.00 bits per heavy atom. The van der Waals surface area contributed by atoms with E-state index in [0.29, 0.717) is 12.1 Å². The average Bonchev–Trinajstić information content (AvgIpc) is 3.19. The maximum atomic E-state index is 13.1. The SMILES string of the molecule is NC(=O)/C(=C/n1cnc(-c2cc(C(F)(F)F)cc(C(F)(F)F)c2)n1)c1ccc(S(=O)[O-])cc1. The fourth-order valence-corrected chi connectivity index (χ4v) is 3.07. The first-order valence-corrected chi connectivity index (χ1v) is 9.75. The van der Waals surface area contributed by atoms with Crippen LogP contribution >= 0.6 is 0 Å². The number of amides is 1. The van der Waals surface area contributed by atoms with Crippen LogP contribution in [0.3, 0.4) is 0 Å². The number of alkyl halides is 6. The summed E-state index contributed by atoms with van der Waals surface area (Å²) in [5, 5.41) is 3.81. The molecule has 2 aromatic carbocycles. The van der Waals surface area contributed by atoms with Crippen molar-refractivity contribution in [3.63, 3.8) is 0 Å². The summed E-state index contributed by atoms with van der Waals surface area (Å²) in [6.07, 6.45) is -8.10. The second-order valence-corrected chi connectivity index (χ2v) is 7.45. The Bertz CT molecular complexity index is 1220. The summed E-state index contributed by atoms with van der Waals surface area (Å²) in [5.41, 5.74) is 1.73. The normalized spacial score (nSPS) is 13.7. The smallest absolute Gasteiger partial charge is 0.416 e. The summed E-state index contributed by atoms with van der Waals surface area (Å²) in [5.74, 6) is -1.43. The van der Waals surface area contributed by atoms with Gasteiger partial charge in [-0.2, -0.15) is 26.3 Å². The zero-order valence-corrected chi connectivity index (χ0v) is 16.8. The van der Waals surface area contributed by atoms with E-state index in [-0.39, 0.29) is 22.1 Å². The van der Waals surface area contributed by atoms with Crippen molar-refractivity contribution in [2.75, 3.05) is 0 Å². The summed E-state index contributed by atoms with van der Waals surface area (Å²) in [7, 11) is 0. The van der Waals surface area contributed by atoms with Crippen molar-refractivity contribution in [1.82, 2.24) is 14.8 Å². The highest BCUT2D eigenvalue weighted by Crippen LogP contribution is 2.38. The third kappa shape index (κ3) is 5.64. The molecule has 1 unspecified atom stereocenters. The number of aromatic nitrogens is 3. The van der Waals surface area contributed by atoms with Crippen molar-refractivity contribution in [2.24, 2.45) is 5.73 Å². The molecule has 0 aliphatic carbocycles. The Kier molecular flexibility index (Phi) is 6.42. The zero-order valence-electron chi connectivity index (χ0n) is 16.0. The van der Waals surface area contributed by atoms with E-state index in [1.54, 1.807) is 0 Å². The fraction of sp³-hybridized carbons (Fsp3) is 0.105. The number of hydrogen-bond donors (Lipinski definition) is 1. The highest BCUT2D eigenvalue weighted by molar-refractivity contribution is 7.79. The second kappa shape index (κ2) is 8.78. The number of halogens is 6. The molecule has 0 bridgehead atoms. The van der Waals surface area contributed by atoms with Crippen molar-refractivity contribution >= 4 is 28.8 Å². The first-order valence-electron chi connectivity index (χ1n) is 8.68. The molecule has 7 nitrogen and oxygen atoms in total. The number of rotatable bonds is 5. The quantitative estimate of drug-likeness (QED) is 0.334. The van der Waals surface area contributed by atoms with E-state index in [9.17, 15) is 39.9 Å². The standard InChI is InChI=1S/C19H12F6N4O3S/c20-18(21,22)12-5-11(6-13(7-12)19(23,24)25)17-27-9-29(28-17)8-15(16(26)30)10-1-3-14(4-2-10)33(31)32/h1-9H,(H2,26,30)(H,31,32)/p-1/b15-8+. The summed E-state index contributed by atoms with van der Waals surface area (Å²) in [4.78, 5) is 15.5. The van der Waals surface area contributed by atoms with Gasteiger partial charge >= 0.3 is 12.4 Å². The topological polar surface area (TPSA) is 114 Å². The molecule has 0 aliphatic heterocycles. The Hall–Kier alpha value is -3.52. The van der Waals surface area contributed by atoms with E-state index in [2.05, 4.69) is 10.1 Å². The van der Waals surface area contributed by atoms with E-state index in [1.807, 2.05) is 0 Å². The van der Waals surface area contributed by atoms with Crippen LogP contribution in [0.1, 0.15) is 16.7 Å². The number of carbonyl (C=O) groups excluding carboxylic acids is 1. The molecule has 0 saturated heterocycles. The predicted octanol–water partition coefficient (Wildman–Crippen LogP) is 3.70. The molecule has 1 heterocycles. The van der Waals surface area contributed by atoms with Crippen LogP contribution < -0.4 is 5.73 Å². The summed E-state index contributed by atoms with van der Waals surface area (Å²) in [6.45, 7) is 0. The highest BCUT2D eigenvalue weighted by Gasteiger charge is 2.37. The molecule has 3 rings (SSSR count). The van der Waals surface area contributed by atoms with Gasteiger partial charge < -0.3 is 10.3 Å². The Balaban J connectivity index is 2.04. The minimum absolute atomic E-state index is 0.0236. The van der Waals surface area contributed by atoms with Crippen LogP contribution in [-0.4, -0.2) is 29.4 Å². The van der Waals surface area contributed by atoms with Gasteiger partial charge in [-0.1, -0.05) is 12.1 Å². The van der Waals surface area contributed by atoms with Gasteiger partial charge in [0, 0.05) is 16.7 Å². The van der Waals surface area contributed by atoms with Crippen molar-refractivity contribution in [3.8, 4) is 11.4 Å². The molecule has 0 spiro atoms. The summed E-state index contributed by atoms with van der Waals surface area (Å²) < 4.78 is 101. The lowest BCUT2D eigenvalue weighted by Crippen LogP contribution is -2.14. The van der Waals surface area contributed by atoms with Crippen LogP contribution in [-0.2, 0) is 28.2 Å². The fourth-order valence-electron chi connectivity index (χ4n) is 2.71. The molecule has 0 fully saturated rings. The molecule has 0 radical (unpaired) electrons. The van der Waals surface area contributed by atoms with Gasteiger partial charge in [0.25, 0.3) is 5.91 Å². The van der Waals surface area contributed by atoms with Gasteiger partial charge in [-0.3, -0.25) is 9.00 Å². The van der Waals surface area contributed by atoms with Gasteiger partial charge in [0.15, 0.2) is 5.82 Å². The first-order chi connectivity index (χ1) is 15.3. The summed E-state index contributed by atoms with van der Waals surface area (Å²) in [6, 6.07) is 5.87.